The van der Waals surface area contributed by atoms with Crippen molar-refractivity contribution in [3.8, 4) is 11.5 Å². The standard InChI is InChI=1S/C32H39N7O3/c1-21-17-39(22(2)16-38(21)27(40)14-32(3,4)5)31-35-29(33-15-24-11-12-25-26(13-24)42-20-41-25)28-30(36-31)37(19-34-28)18-23-9-7-6-8-10-23/h6-13,19,21-22H,14-18,20H2,1-5H3,(H,33,35,36). The van der Waals surface area contributed by atoms with E-state index in [2.05, 4.69) is 61.5 Å². The summed E-state index contributed by atoms with van der Waals surface area (Å²) in [5.74, 6) is 3.01. The summed E-state index contributed by atoms with van der Waals surface area (Å²) in [6.45, 7) is 13.3. The molecule has 6 rings (SSSR count). The smallest absolute Gasteiger partial charge is 0.231 e. The third-order valence-electron chi connectivity index (χ3n) is 7.79. The van der Waals surface area contributed by atoms with Gasteiger partial charge in [-0.05, 0) is 42.5 Å². The zero-order valence-corrected chi connectivity index (χ0v) is 25.0. The van der Waals surface area contributed by atoms with E-state index in [0.29, 0.717) is 44.4 Å². The maximum Gasteiger partial charge on any atom is 0.231 e. The van der Waals surface area contributed by atoms with E-state index >= 15 is 0 Å². The number of fused-ring (bicyclic) bond motifs is 2. The molecule has 0 aliphatic carbocycles. The molecule has 1 saturated heterocycles. The normalized spacial score (nSPS) is 18.5. The highest BCUT2D eigenvalue weighted by Gasteiger charge is 2.35. The fourth-order valence-corrected chi connectivity index (χ4v) is 5.62. The van der Waals surface area contributed by atoms with Crippen LogP contribution in [0.3, 0.4) is 0 Å². The minimum absolute atomic E-state index is 0.0367. The molecule has 2 aliphatic rings. The fraction of sp³-hybridized carbons (Fsp3) is 0.438. The van der Waals surface area contributed by atoms with Gasteiger partial charge in [-0.2, -0.15) is 9.97 Å². The fourth-order valence-electron chi connectivity index (χ4n) is 5.62. The molecule has 10 nitrogen and oxygen atoms in total. The van der Waals surface area contributed by atoms with Gasteiger partial charge in [0.25, 0.3) is 0 Å². The van der Waals surface area contributed by atoms with Crippen LogP contribution in [0.1, 0.15) is 52.2 Å². The number of rotatable bonds is 7. The molecular formula is C32H39N7O3. The number of benzene rings is 2. The summed E-state index contributed by atoms with van der Waals surface area (Å²) < 4.78 is 13.1. The van der Waals surface area contributed by atoms with Crippen LogP contribution in [0.5, 0.6) is 11.5 Å². The molecule has 0 radical (unpaired) electrons. The predicted molar refractivity (Wildman–Crippen MR) is 163 cm³/mol. The molecule has 2 atom stereocenters. The molecule has 4 aromatic rings. The van der Waals surface area contributed by atoms with Crippen LogP contribution in [-0.4, -0.2) is 62.3 Å². The zero-order valence-electron chi connectivity index (χ0n) is 25.0. The van der Waals surface area contributed by atoms with Gasteiger partial charge in [0.1, 0.15) is 0 Å². The molecule has 1 N–H and O–H groups in total. The molecule has 220 valence electrons. The Morgan fingerprint density at radius 1 is 0.976 bits per heavy atom. The van der Waals surface area contributed by atoms with E-state index in [-0.39, 0.29) is 30.2 Å². The molecule has 10 heteroatoms. The van der Waals surface area contributed by atoms with Crippen LogP contribution in [0.25, 0.3) is 11.2 Å². The quantitative estimate of drug-likeness (QED) is 0.329. The van der Waals surface area contributed by atoms with Crippen molar-refractivity contribution in [1.82, 2.24) is 24.4 Å². The maximum atomic E-state index is 13.2. The van der Waals surface area contributed by atoms with Crippen molar-refractivity contribution in [2.24, 2.45) is 5.41 Å². The molecule has 2 aliphatic heterocycles. The van der Waals surface area contributed by atoms with E-state index < -0.39 is 0 Å². The number of ether oxygens (including phenoxy) is 2. The summed E-state index contributed by atoms with van der Waals surface area (Å²) in [7, 11) is 0. The second-order valence-electron chi connectivity index (χ2n) is 12.6. The Morgan fingerprint density at radius 3 is 2.55 bits per heavy atom. The number of imidazole rings is 1. The van der Waals surface area contributed by atoms with Gasteiger partial charge in [-0.1, -0.05) is 57.2 Å². The second-order valence-corrected chi connectivity index (χ2v) is 12.6. The Hall–Kier alpha value is -4.34. The number of anilines is 2. The van der Waals surface area contributed by atoms with Gasteiger partial charge in [0.15, 0.2) is 28.5 Å². The summed E-state index contributed by atoms with van der Waals surface area (Å²) in [6.07, 6.45) is 2.36. The third kappa shape index (κ3) is 5.84. The van der Waals surface area contributed by atoms with E-state index in [9.17, 15) is 4.79 Å². The number of hydrogen-bond donors (Lipinski definition) is 1. The first-order chi connectivity index (χ1) is 20.1. The molecule has 2 aromatic heterocycles. The van der Waals surface area contributed by atoms with Crippen LogP contribution < -0.4 is 19.7 Å². The van der Waals surface area contributed by atoms with Crippen molar-refractivity contribution in [3.05, 3.63) is 66.0 Å². The van der Waals surface area contributed by atoms with Gasteiger partial charge in [-0.15, -0.1) is 0 Å². The molecule has 0 bridgehead atoms. The van der Waals surface area contributed by atoms with Crippen LogP contribution >= 0.6 is 0 Å². The molecule has 2 aromatic carbocycles. The number of amides is 1. The molecule has 42 heavy (non-hydrogen) atoms. The highest BCUT2D eigenvalue weighted by Crippen LogP contribution is 2.33. The van der Waals surface area contributed by atoms with Crippen LogP contribution in [0.4, 0.5) is 11.8 Å². The van der Waals surface area contributed by atoms with Crippen molar-refractivity contribution >= 4 is 28.8 Å². The zero-order chi connectivity index (χ0) is 29.4. The van der Waals surface area contributed by atoms with E-state index in [1.807, 2.05) is 47.6 Å². The Labute approximate surface area is 246 Å². The van der Waals surface area contributed by atoms with Crippen LogP contribution in [0.2, 0.25) is 0 Å². The van der Waals surface area contributed by atoms with Gasteiger partial charge in [0, 0.05) is 38.1 Å². The second kappa shape index (κ2) is 11.2. The van der Waals surface area contributed by atoms with Crippen LogP contribution in [0.15, 0.2) is 54.9 Å². The highest BCUT2D eigenvalue weighted by atomic mass is 16.7. The van der Waals surface area contributed by atoms with Gasteiger partial charge in [0.05, 0.1) is 12.9 Å². The minimum atomic E-state index is -0.0545. The lowest BCUT2D eigenvalue weighted by Gasteiger charge is -2.44. The Morgan fingerprint density at radius 2 is 1.76 bits per heavy atom. The molecule has 2 unspecified atom stereocenters. The van der Waals surface area contributed by atoms with Crippen molar-refractivity contribution in [1.29, 1.82) is 0 Å². The summed E-state index contributed by atoms with van der Waals surface area (Å²) in [5.41, 5.74) is 3.64. The SMILES string of the molecule is CC1CN(c2nc(NCc3ccc4c(c3)OCO4)c3ncn(Cc4ccccc4)c3n2)C(C)CN1C(=O)CC(C)(C)C. The van der Waals surface area contributed by atoms with Crippen molar-refractivity contribution in [3.63, 3.8) is 0 Å². The first-order valence-corrected chi connectivity index (χ1v) is 14.6. The number of carbonyl (C=O) groups excluding carboxylic acids is 1. The van der Waals surface area contributed by atoms with Gasteiger partial charge >= 0.3 is 0 Å². The molecular weight excluding hydrogens is 530 g/mol. The average molecular weight is 570 g/mol. The monoisotopic (exact) mass is 569 g/mol. The summed E-state index contributed by atoms with van der Waals surface area (Å²) >= 11 is 0. The number of piperazine rings is 1. The summed E-state index contributed by atoms with van der Waals surface area (Å²) in [6, 6.07) is 16.3. The molecule has 4 heterocycles. The number of aromatic nitrogens is 4. The van der Waals surface area contributed by atoms with Crippen molar-refractivity contribution < 1.29 is 14.3 Å². The molecule has 1 fully saturated rings. The predicted octanol–water partition coefficient (Wildman–Crippen LogP) is 5.08. The molecule has 1 amide bonds. The topological polar surface area (TPSA) is 97.6 Å². The van der Waals surface area contributed by atoms with E-state index in [0.717, 1.165) is 28.2 Å². The van der Waals surface area contributed by atoms with Gasteiger partial charge in [-0.3, -0.25) is 4.79 Å². The average Bonchev–Trinajstić information content (AvgIpc) is 3.59. The molecule has 0 spiro atoms. The maximum absolute atomic E-state index is 13.2. The highest BCUT2D eigenvalue weighted by molar-refractivity contribution is 5.84. The molecule has 0 saturated carbocycles. The summed E-state index contributed by atoms with van der Waals surface area (Å²) in [5, 5.41) is 3.52. The van der Waals surface area contributed by atoms with E-state index in [1.54, 1.807) is 0 Å². The lowest BCUT2D eigenvalue weighted by molar-refractivity contribution is -0.136. The first-order valence-electron chi connectivity index (χ1n) is 14.6. The Bertz CT molecular complexity index is 1580. The van der Waals surface area contributed by atoms with Crippen molar-refractivity contribution in [2.45, 2.75) is 66.2 Å². The van der Waals surface area contributed by atoms with Crippen molar-refractivity contribution in [2.75, 3.05) is 30.1 Å². The number of nitrogens with zero attached hydrogens (tertiary/aromatic N) is 6. The van der Waals surface area contributed by atoms with Gasteiger partial charge in [-0.25, -0.2) is 4.98 Å². The lowest BCUT2D eigenvalue weighted by Crippen LogP contribution is -2.59. The van der Waals surface area contributed by atoms with Crippen LogP contribution in [-0.2, 0) is 17.9 Å². The first kappa shape index (κ1) is 27.8. The van der Waals surface area contributed by atoms with Gasteiger partial charge in [0.2, 0.25) is 18.6 Å². The number of hydrogen-bond acceptors (Lipinski definition) is 8. The Balaban J connectivity index is 1.31. The van der Waals surface area contributed by atoms with E-state index in [1.165, 1.54) is 5.56 Å². The third-order valence-corrected chi connectivity index (χ3v) is 7.79. The van der Waals surface area contributed by atoms with Gasteiger partial charge < -0.3 is 29.2 Å². The largest absolute Gasteiger partial charge is 0.454 e. The summed E-state index contributed by atoms with van der Waals surface area (Å²) in [4.78, 5) is 32.2. The van der Waals surface area contributed by atoms with E-state index in [4.69, 9.17) is 24.4 Å². The number of carbonyl (C=O) groups is 1. The minimum Gasteiger partial charge on any atom is -0.454 e. The lowest BCUT2D eigenvalue weighted by atomic mass is 9.91. The Kier molecular flexibility index (Phi) is 7.38. The van der Waals surface area contributed by atoms with Crippen LogP contribution in [0, 0.1) is 5.41 Å². The number of nitrogens with one attached hydrogen (secondary N) is 1.